The molecule has 0 fully saturated rings. The normalized spacial score (nSPS) is 14.8. The lowest BCUT2D eigenvalue weighted by Gasteiger charge is -2.16. The minimum atomic E-state index is -1.34. The standard InChI is InChI=1S/C12H11ClFNO2/c13-6-11(16)12(17)8-4-7-2-1-3-15-10(7)5-9(8)14/h1-5,11-12,16-17H,6H2. The molecule has 0 aliphatic carbocycles. The van der Waals surface area contributed by atoms with Crippen molar-refractivity contribution in [3.8, 4) is 0 Å². The van der Waals surface area contributed by atoms with E-state index in [0.717, 1.165) is 0 Å². The number of halogens is 2. The zero-order valence-corrected chi connectivity index (χ0v) is 9.60. The predicted molar refractivity (Wildman–Crippen MR) is 63.4 cm³/mol. The summed E-state index contributed by atoms with van der Waals surface area (Å²) in [5.41, 5.74) is 0.528. The molecule has 0 radical (unpaired) electrons. The van der Waals surface area contributed by atoms with Crippen LogP contribution in [0.15, 0.2) is 30.5 Å². The molecule has 2 rings (SSSR count). The van der Waals surface area contributed by atoms with Gasteiger partial charge in [0.25, 0.3) is 0 Å². The Morgan fingerprint density at radius 2 is 2.12 bits per heavy atom. The van der Waals surface area contributed by atoms with Crippen LogP contribution in [0.3, 0.4) is 0 Å². The average molecular weight is 256 g/mol. The van der Waals surface area contributed by atoms with Crippen molar-refractivity contribution in [2.75, 3.05) is 5.88 Å². The Balaban J connectivity index is 2.50. The van der Waals surface area contributed by atoms with Crippen molar-refractivity contribution in [3.63, 3.8) is 0 Å². The molecule has 1 aromatic carbocycles. The average Bonchev–Trinajstić information content (AvgIpc) is 2.36. The summed E-state index contributed by atoms with van der Waals surface area (Å²) in [6.07, 6.45) is -0.969. The number of aromatic nitrogens is 1. The number of pyridine rings is 1. The van der Waals surface area contributed by atoms with Crippen LogP contribution in [0, 0.1) is 5.82 Å². The van der Waals surface area contributed by atoms with E-state index in [1.165, 1.54) is 12.1 Å². The van der Waals surface area contributed by atoms with Gasteiger partial charge in [-0.1, -0.05) is 6.07 Å². The molecule has 17 heavy (non-hydrogen) atoms. The largest absolute Gasteiger partial charge is 0.389 e. The fraction of sp³-hybridized carbons (Fsp3) is 0.250. The third kappa shape index (κ3) is 2.39. The van der Waals surface area contributed by atoms with Crippen molar-refractivity contribution in [1.82, 2.24) is 4.98 Å². The van der Waals surface area contributed by atoms with E-state index in [0.29, 0.717) is 10.9 Å². The molecule has 0 saturated heterocycles. The summed E-state index contributed by atoms with van der Waals surface area (Å²) >= 11 is 5.42. The third-order valence-corrected chi connectivity index (χ3v) is 2.88. The van der Waals surface area contributed by atoms with Gasteiger partial charge < -0.3 is 10.2 Å². The second-order valence-electron chi connectivity index (χ2n) is 3.74. The highest BCUT2D eigenvalue weighted by Gasteiger charge is 2.21. The highest BCUT2D eigenvalue weighted by atomic mass is 35.5. The van der Waals surface area contributed by atoms with Crippen LogP contribution in [0.4, 0.5) is 4.39 Å². The molecule has 5 heteroatoms. The summed E-state index contributed by atoms with van der Waals surface area (Å²) in [6, 6.07) is 6.17. The minimum absolute atomic E-state index is 0.0265. The molecular formula is C12H11ClFNO2. The maximum atomic E-state index is 13.7. The van der Waals surface area contributed by atoms with Gasteiger partial charge in [0.15, 0.2) is 0 Å². The van der Waals surface area contributed by atoms with Crippen molar-refractivity contribution in [2.45, 2.75) is 12.2 Å². The number of nitrogens with zero attached hydrogens (tertiary/aromatic N) is 1. The molecule has 2 aromatic rings. The number of hydrogen-bond acceptors (Lipinski definition) is 3. The van der Waals surface area contributed by atoms with Gasteiger partial charge in [-0.25, -0.2) is 4.39 Å². The molecule has 2 N–H and O–H groups in total. The molecule has 3 nitrogen and oxygen atoms in total. The maximum Gasteiger partial charge on any atom is 0.131 e. The first-order chi connectivity index (χ1) is 8.13. The summed E-state index contributed by atoms with van der Waals surface area (Å²) in [4.78, 5) is 4.00. The molecule has 0 aliphatic heterocycles. The predicted octanol–water partition coefficient (Wildman–Crippen LogP) is 2.01. The Morgan fingerprint density at radius 3 is 2.82 bits per heavy atom. The Labute approximate surface area is 102 Å². The lowest BCUT2D eigenvalue weighted by atomic mass is 10.0. The minimum Gasteiger partial charge on any atom is -0.389 e. The maximum absolute atomic E-state index is 13.7. The van der Waals surface area contributed by atoms with Gasteiger partial charge >= 0.3 is 0 Å². The van der Waals surface area contributed by atoms with Crippen LogP contribution in [0.5, 0.6) is 0 Å². The van der Waals surface area contributed by atoms with Crippen LogP contribution in [-0.2, 0) is 0 Å². The quantitative estimate of drug-likeness (QED) is 0.825. The number of hydrogen-bond donors (Lipinski definition) is 2. The Bertz CT molecular complexity index is 535. The smallest absolute Gasteiger partial charge is 0.131 e. The van der Waals surface area contributed by atoms with Gasteiger partial charge in [0.05, 0.1) is 17.5 Å². The summed E-state index contributed by atoms with van der Waals surface area (Å²) in [7, 11) is 0. The van der Waals surface area contributed by atoms with Gasteiger partial charge in [0.2, 0.25) is 0 Å². The molecule has 0 bridgehead atoms. The first kappa shape index (κ1) is 12.2. The molecule has 90 valence electrons. The van der Waals surface area contributed by atoms with E-state index in [2.05, 4.69) is 4.98 Å². The van der Waals surface area contributed by atoms with E-state index in [-0.39, 0.29) is 11.4 Å². The molecule has 0 aliphatic rings. The number of aliphatic hydroxyl groups excluding tert-OH is 2. The molecule has 1 aromatic heterocycles. The number of rotatable bonds is 3. The second kappa shape index (κ2) is 4.96. The Kier molecular flexibility index (Phi) is 3.57. The van der Waals surface area contributed by atoms with E-state index in [1.807, 2.05) is 0 Å². The monoisotopic (exact) mass is 255 g/mol. The molecule has 2 atom stereocenters. The van der Waals surface area contributed by atoms with Crippen LogP contribution >= 0.6 is 11.6 Å². The zero-order chi connectivity index (χ0) is 12.4. The van der Waals surface area contributed by atoms with Gasteiger partial charge in [0, 0.05) is 23.2 Å². The van der Waals surface area contributed by atoms with Crippen molar-refractivity contribution in [1.29, 1.82) is 0 Å². The first-order valence-corrected chi connectivity index (χ1v) is 5.63. The Hall–Kier alpha value is -1.23. The zero-order valence-electron chi connectivity index (χ0n) is 8.85. The van der Waals surface area contributed by atoms with Crippen molar-refractivity contribution >= 4 is 22.5 Å². The number of fused-ring (bicyclic) bond motifs is 1. The summed E-state index contributed by atoms with van der Waals surface area (Å²) in [5.74, 6) is -0.765. The van der Waals surface area contributed by atoms with Crippen molar-refractivity contribution < 1.29 is 14.6 Å². The van der Waals surface area contributed by atoms with Crippen molar-refractivity contribution in [2.24, 2.45) is 0 Å². The number of alkyl halides is 1. The Morgan fingerprint density at radius 1 is 1.35 bits per heavy atom. The highest BCUT2D eigenvalue weighted by Crippen LogP contribution is 2.25. The fourth-order valence-corrected chi connectivity index (χ4v) is 1.80. The lowest BCUT2D eigenvalue weighted by Crippen LogP contribution is -2.20. The number of aliphatic hydroxyl groups is 2. The summed E-state index contributed by atoms with van der Waals surface area (Å²) in [6.45, 7) is 0. The van der Waals surface area contributed by atoms with Gasteiger partial charge in [-0.2, -0.15) is 0 Å². The van der Waals surface area contributed by atoms with Gasteiger partial charge in [-0.05, 0) is 12.1 Å². The third-order valence-electron chi connectivity index (χ3n) is 2.56. The molecule has 0 amide bonds. The highest BCUT2D eigenvalue weighted by molar-refractivity contribution is 6.18. The van der Waals surface area contributed by atoms with E-state index < -0.39 is 18.0 Å². The van der Waals surface area contributed by atoms with Crippen LogP contribution in [-0.4, -0.2) is 27.2 Å². The molecule has 0 spiro atoms. The molecule has 2 unspecified atom stereocenters. The van der Waals surface area contributed by atoms with Gasteiger partial charge in [-0.3, -0.25) is 4.98 Å². The first-order valence-electron chi connectivity index (χ1n) is 5.09. The topological polar surface area (TPSA) is 53.4 Å². The van der Waals surface area contributed by atoms with Crippen molar-refractivity contribution in [3.05, 3.63) is 41.8 Å². The molecule has 1 heterocycles. The number of benzene rings is 1. The SMILES string of the molecule is OC(CCl)C(O)c1cc2cccnc2cc1F. The van der Waals surface area contributed by atoms with Crippen LogP contribution in [0.2, 0.25) is 0 Å². The van der Waals surface area contributed by atoms with Crippen LogP contribution in [0.1, 0.15) is 11.7 Å². The summed E-state index contributed by atoms with van der Waals surface area (Å²) < 4.78 is 13.7. The molecular weight excluding hydrogens is 245 g/mol. The van der Waals surface area contributed by atoms with E-state index in [9.17, 15) is 14.6 Å². The van der Waals surface area contributed by atoms with E-state index >= 15 is 0 Å². The summed E-state index contributed by atoms with van der Waals surface area (Å²) in [5, 5.41) is 19.8. The van der Waals surface area contributed by atoms with Crippen LogP contribution < -0.4 is 0 Å². The van der Waals surface area contributed by atoms with Crippen LogP contribution in [0.25, 0.3) is 10.9 Å². The molecule has 0 saturated carbocycles. The fourth-order valence-electron chi connectivity index (χ4n) is 1.63. The van der Waals surface area contributed by atoms with E-state index in [1.54, 1.807) is 18.3 Å². The van der Waals surface area contributed by atoms with Gasteiger partial charge in [-0.15, -0.1) is 11.6 Å². The van der Waals surface area contributed by atoms with E-state index in [4.69, 9.17) is 11.6 Å². The second-order valence-corrected chi connectivity index (χ2v) is 4.04. The lowest BCUT2D eigenvalue weighted by molar-refractivity contribution is 0.0305. The van der Waals surface area contributed by atoms with Gasteiger partial charge in [0.1, 0.15) is 11.9 Å².